The highest BCUT2D eigenvalue weighted by atomic mass is 35.5. The summed E-state index contributed by atoms with van der Waals surface area (Å²) in [7, 11) is 1.63. The van der Waals surface area contributed by atoms with Crippen molar-refractivity contribution >= 4 is 46.1 Å². The Morgan fingerprint density at radius 2 is 1.58 bits per heavy atom. The van der Waals surface area contributed by atoms with E-state index in [4.69, 9.17) is 21.1 Å². The number of nitrogens with one attached hydrogen (secondary N) is 1. The lowest BCUT2D eigenvalue weighted by molar-refractivity contribution is -0.121. The quantitative estimate of drug-likeness (QED) is 0.221. The van der Waals surface area contributed by atoms with Gasteiger partial charge in [0.15, 0.2) is 11.5 Å². The van der Waals surface area contributed by atoms with Crippen LogP contribution in [-0.2, 0) is 9.59 Å². The first-order valence-corrected chi connectivity index (χ1v) is 12.8. The molecule has 0 saturated heterocycles. The first-order valence-electron chi connectivity index (χ1n) is 12.4. The Labute approximate surface area is 229 Å². The summed E-state index contributed by atoms with van der Waals surface area (Å²) in [6.45, 7) is 9.30. The predicted octanol–water partition coefficient (Wildman–Crippen LogP) is 6.58. The second-order valence-electron chi connectivity index (χ2n) is 9.59. The standard InChI is InChI=1S/C30H34ClN3O4/c1-6-34(19-20-38-24-17-15-23(37-5)16-18-24)22-13-11-21(12-14-22)32-27(28(35)30(2,3)4)29(36)33-26-10-8-7-9-25(26)31/h7-18H,6,19-20H2,1-5H3,(H,33,36)/b32-27+. The van der Waals surface area contributed by atoms with E-state index in [-0.39, 0.29) is 11.5 Å². The van der Waals surface area contributed by atoms with Gasteiger partial charge in [0.05, 0.1) is 30.1 Å². The molecule has 0 aliphatic carbocycles. The fraction of sp³-hybridized carbons (Fsp3) is 0.300. The summed E-state index contributed by atoms with van der Waals surface area (Å²) in [6.07, 6.45) is 0. The highest BCUT2D eigenvalue weighted by Gasteiger charge is 2.31. The Morgan fingerprint density at radius 3 is 2.16 bits per heavy atom. The van der Waals surface area contributed by atoms with Crippen LogP contribution in [0.1, 0.15) is 27.7 Å². The molecule has 0 fully saturated rings. The highest BCUT2D eigenvalue weighted by molar-refractivity contribution is 6.68. The number of anilines is 2. The number of methoxy groups -OCH3 is 1. The molecule has 0 aliphatic rings. The molecule has 0 radical (unpaired) electrons. The molecule has 3 aromatic carbocycles. The number of hydrogen-bond donors (Lipinski definition) is 1. The molecule has 200 valence electrons. The van der Waals surface area contributed by atoms with Gasteiger partial charge in [0.25, 0.3) is 5.91 Å². The lowest BCUT2D eigenvalue weighted by Crippen LogP contribution is -2.37. The third-order valence-electron chi connectivity index (χ3n) is 5.76. The largest absolute Gasteiger partial charge is 0.497 e. The smallest absolute Gasteiger partial charge is 0.278 e. The summed E-state index contributed by atoms with van der Waals surface area (Å²) in [5.74, 6) is 0.589. The van der Waals surface area contributed by atoms with Crippen LogP contribution in [0, 0.1) is 5.41 Å². The zero-order valence-electron chi connectivity index (χ0n) is 22.5. The van der Waals surface area contributed by atoms with E-state index in [0.29, 0.717) is 29.5 Å². The van der Waals surface area contributed by atoms with Crippen LogP contribution in [0.3, 0.4) is 0 Å². The second kappa shape index (κ2) is 13.1. The fourth-order valence-electron chi connectivity index (χ4n) is 3.59. The molecule has 0 aromatic heterocycles. The third-order valence-corrected chi connectivity index (χ3v) is 6.09. The van der Waals surface area contributed by atoms with Gasteiger partial charge in [-0.15, -0.1) is 0 Å². The molecule has 7 nitrogen and oxygen atoms in total. The van der Waals surface area contributed by atoms with Crippen LogP contribution < -0.4 is 19.7 Å². The molecule has 8 heteroatoms. The molecule has 0 bridgehead atoms. The Balaban J connectivity index is 1.74. The van der Waals surface area contributed by atoms with Crippen molar-refractivity contribution in [1.29, 1.82) is 0 Å². The maximum atomic E-state index is 13.1. The van der Waals surface area contributed by atoms with Crippen LogP contribution in [0.5, 0.6) is 11.5 Å². The molecule has 0 saturated carbocycles. The average Bonchev–Trinajstić information content (AvgIpc) is 2.91. The number of para-hydroxylation sites is 1. The minimum Gasteiger partial charge on any atom is -0.497 e. The van der Waals surface area contributed by atoms with Gasteiger partial charge < -0.3 is 19.7 Å². The van der Waals surface area contributed by atoms with E-state index in [0.717, 1.165) is 23.7 Å². The number of nitrogens with zero attached hydrogens (tertiary/aromatic N) is 2. The lowest BCUT2D eigenvalue weighted by Gasteiger charge is -2.23. The van der Waals surface area contributed by atoms with Crippen LogP contribution in [-0.4, -0.2) is 44.2 Å². The van der Waals surface area contributed by atoms with Crippen LogP contribution in [0.25, 0.3) is 0 Å². The summed E-state index contributed by atoms with van der Waals surface area (Å²) in [5, 5.41) is 3.09. The number of aliphatic imine (C=N–C) groups is 1. The number of ketones is 1. The third kappa shape index (κ3) is 7.83. The zero-order valence-corrected chi connectivity index (χ0v) is 23.2. The van der Waals surface area contributed by atoms with Gasteiger partial charge in [0, 0.05) is 17.6 Å². The van der Waals surface area contributed by atoms with E-state index in [2.05, 4.69) is 22.1 Å². The summed E-state index contributed by atoms with van der Waals surface area (Å²) in [4.78, 5) is 32.8. The molecular weight excluding hydrogens is 502 g/mol. The van der Waals surface area contributed by atoms with Crippen LogP contribution in [0.2, 0.25) is 5.02 Å². The second-order valence-corrected chi connectivity index (χ2v) is 10.0. The molecule has 1 amide bonds. The molecular formula is C30H34ClN3O4. The van der Waals surface area contributed by atoms with Gasteiger partial charge >= 0.3 is 0 Å². The molecule has 3 aromatic rings. The van der Waals surface area contributed by atoms with Gasteiger partial charge in [-0.25, -0.2) is 4.99 Å². The van der Waals surface area contributed by atoms with E-state index in [9.17, 15) is 9.59 Å². The van der Waals surface area contributed by atoms with E-state index in [1.165, 1.54) is 0 Å². The van der Waals surface area contributed by atoms with Gasteiger partial charge in [-0.05, 0) is 67.6 Å². The van der Waals surface area contributed by atoms with Crippen molar-refractivity contribution in [2.45, 2.75) is 27.7 Å². The average molecular weight is 536 g/mol. The van der Waals surface area contributed by atoms with Crippen molar-refractivity contribution in [1.82, 2.24) is 0 Å². The first-order chi connectivity index (χ1) is 18.1. The Kier molecular flexibility index (Phi) is 9.91. The van der Waals surface area contributed by atoms with Crippen LogP contribution >= 0.6 is 11.6 Å². The molecule has 0 heterocycles. The monoisotopic (exact) mass is 535 g/mol. The number of amides is 1. The van der Waals surface area contributed by atoms with E-state index >= 15 is 0 Å². The molecule has 38 heavy (non-hydrogen) atoms. The number of halogens is 1. The molecule has 3 rings (SSSR count). The molecule has 1 N–H and O–H groups in total. The van der Waals surface area contributed by atoms with E-state index in [1.807, 2.05) is 36.4 Å². The van der Waals surface area contributed by atoms with Crippen LogP contribution in [0.4, 0.5) is 17.1 Å². The van der Waals surface area contributed by atoms with Gasteiger partial charge in [-0.1, -0.05) is 44.5 Å². The molecule has 0 atom stereocenters. The molecule has 0 unspecified atom stereocenters. The maximum absolute atomic E-state index is 13.1. The summed E-state index contributed by atoms with van der Waals surface area (Å²) in [6, 6.07) is 21.7. The number of carbonyl (C=O) groups is 2. The fourth-order valence-corrected chi connectivity index (χ4v) is 3.77. The van der Waals surface area contributed by atoms with Crippen molar-refractivity contribution in [3.05, 3.63) is 77.8 Å². The number of rotatable bonds is 11. The Bertz CT molecular complexity index is 1270. The first kappa shape index (κ1) is 28.7. The van der Waals surface area contributed by atoms with Gasteiger partial charge in [-0.2, -0.15) is 0 Å². The van der Waals surface area contributed by atoms with Crippen molar-refractivity contribution in [3.63, 3.8) is 0 Å². The minimum atomic E-state index is -0.792. The summed E-state index contributed by atoms with van der Waals surface area (Å²) >= 11 is 6.19. The number of benzene rings is 3. The minimum absolute atomic E-state index is 0.176. The number of carbonyl (C=O) groups excluding carboxylic acids is 2. The topological polar surface area (TPSA) is 80.2 Å². The number of ether oxygens (including phenoxy) is 2. The van der Waals surface area contributed by atoms with Crippen molar-refractivity contribution in [3.8, 4) is 11.5 Å². The van der Waals surface area contributed by atoms with Gasteiger partial charge in [-0.3, -0.25) is 9.59 Å². The zero-order chi connectivity index (χ0) is 27.7. The number of likely N-dealkylation sites (N-methyl/N-ethyl adjacent to an activating group) is 1. The van der Waals surface area contributed by atoms with Crippen molar-refractivity contribution in [2.24, 2.45) is 10.4 Å². The lowest BCUT2D eigenvalue weighted by atomic mass is 9.87. The summed E-state index contributed by atoms with van der Waals surface area (Å²) < 4.78 is 11.0. The van der Waals surface area contributed by atoms with Crippen molar-refractivity contribution < 1.29 is 19.1 Å². The van der Waals surface area contributed by atoms with Crippen molar-refractivity contribution in [2.75, 3.05) is 37.0 Å². The summed E-state index contributed by atoms with van der Waals surface area (Å²) in [5.41, 5.74) is 0.930. The molecule has 0 aliphatic heterocycles. The predicted molar refractivity (Wildman–Crippen MR) is 154 cm³/mol. The number of Topliss-reactive ketones (excluding diaryl/α,β-unsaturated/α-hetero) is 1. The normalized spacial score (nSPS) is 11.6. The van der Waals surface area contributed by atoms with Gasteiger partial charge in [0.2, 0.25) is 0 Å². The van der Waals surface area contributed by atoms with E-state index < -0.39 is 11.3 Å². The van der Waals surface area contributed by atoms with E-state index in [1.54, 1.807) is 64.3 Å². The highest BCUT2D eigenvalue weighted by Crippen LogP contribution is 2.25. The SMILES string of the molecule is CCN(CCOc1ccc(OC)cc1)c1ccc(/N=C(/C(=O)Nc2ccccc2Cl)C(=O)C(C)(C)C)cc1. The van der Waals surface area contributed by atoms with Crippen LogP contribution in [0.15, 0.2) is 77.8 Å². The Morgan fingerprint density at radius 1 is 0.947 bits per heavy atom. The number of hydrogen-bond acceptors (Lipinski definition) is 6. The Hall–Kier alpha value is -3.84. The maximum Gasteiger partial charge on any atom is 0.278 e. The molecule has 0 spiro atoms. The van der Waals surface area contributed by atoms with Gasteiger partial charge in [0.1, 0.15) is 18.1 Å².